The summed E-state index contributed by atoms with van der Waals surface area (Å²) in [6, 6.07) is 6.18. The fraction of sp³-hybridized carbons (Fsp3) is 0.571. The van der Waals surface area contributed by atoms with E-state index < -0.39 is 0 Å². The van der Waals surface area contributed by atoms with Crippen LogP contribution in [0.5, 0.6) is 5.75 Å². The van der Waals surface area contributed by atoms with E-state index in [0.29, 0.717) is 0 Å². The summed E-state index contributed by atoms with van der Waals surface area (Å²) in [5.74, 6) is 0.509. The highest BCUT2D eigenvalue weighted by atomic mass is 19.1. The average molecular weight is 239 g/mol. The van der Waals surface area contributed by atoms with Gasteiger partial charge in [0.15, 0.2) is 0 Å². The van der Waals surface area contributed by atoms with Crippen molar-refractivity contribution >= 4 is 0 Å². The first-order valence-electron chi connectivity index (χ1n) is 6.35. The number of benzene rings is 1. The highest BCUT2D eigenvalue weighted by Gasteiger charge is 2.03. The molecule has 0 aliphatic carbocycles. The smallest absolute Gasteiger partial charge is 0.123 e. The number of rotatable bonds is 8. The molecule has 0 aliphatic heterocycles. The topological polar surface area (TPSA) is 21.3 Å². The minimum atomic E-state index is -0.228. The molecule has 0 radical (unpaired) electrons. The molecule has 1 rings (SSSR count). The molecule has 1 unspecified atom stereocenters. The molecule has 96 valence electrons. The van der Waals surface area contributed by atoms with Crippen molar-refractivity contribution in [2.45, 2.75) is 39.2 Å². The summed E-state index contributed by atoms with van der Waals surface area (Å²) in [7, 11) is 0. The zero-order valence-electron chi connectivity index (χ0n) is 10.7. The molecule has 0 heterocycles. The normalized spacial score (nSPS) is 12.4. The van der Waals surface area contributed by atoms with Gasteiger partial charge in [-0.1, -0.05) is 6.92 Å². The number of hydrogen-bond donors (Lipinski definition) is 1. The highest BCUT2D eigenvalue weighted by Crippen LogP contribution is 2.14. The minimum absolute atomic E-state index is 0.170. The highest BCUT2D eigenvalue weighted by molar-refractivity contribution is 5.22. The third kappa shape index (κ3) is 6.27. The largest absolute Gasteiger partial charge is 0.491 e. The van der Waals surface area contributed by atoms with Gasteiger partial charge in [-0.15, -0.1) is 0 Å². The van der Waals surface area contributed by atoms with Gasteiger partial charge in [0.2, 0.25) is 0 Å². The van der Waals surface area contributed by atoms with Crippen LogP contribution in [0.15, 0.2) is 24.3 Å². The van der Waals surface area contributed by atoms with Gasteiger partial charge in [0.25, 0.3) is 0 Å². The second kappa shape index (κ2) is 8.07. The molecule has 1 atom stereocenters. The Hall–Kier alpha value is -1.09. The molecule has 2 nitrogen and oxygen atoms in total. The van der Waals surface area contributed by atoms with Crippen LogP contribution in [0.1, 0.15) is 33.1 Å². The maximum absolute atomic E-state index is 12.7. The molecule has 1 N–H and O–H groups in total. The van der Waals surface area contributed by atoms with Gasteiger partial charge in [-0.2, -0.15) is 0 Å². The summed E-state index contributed by atoms with van der Waals surface area (Å²) in [5, 5.41) is 3.36. The molecule has 0 amide bonds. The van der Waals surface area contributed by atoms with Gasteiger partial charge in [0, 0.05) is 0 Å². The molecule has 0 saturated carbocycles. The van der Waals surface area contributed by atoms with Crippen molar-refractivity contribution in [3.05, 3.63) is 30.1 Å². The predicted molar refractivity (Wildman–Crippen MR) is 68.9 cm³/mol. The first-order chi connectivity index (χ1) is 8.22. The second-order valence-electron chi connectivity index (χ2n) is 4.27. The van der Waals surface area contributed by atoms with Crippen molar-refractivity contribution in [3.8, 4) is 5.75 Å². The van der Waals surface area contributed by atoms with Crippen molar-refractivity contribution in [1.82, 2.24) is 5.32 Å². The van der Waals surface area contributed by atoms with Crippen molar-refractivity contribution in [2.24, 2.45) is 0 Å². The Bertz CT molecular complexity index is 300. The van der Waals surface area contributed by atoms with Crippen LogP contribution < -0.4 is 10.1 Å². The summed E-state index contributed by atoms with van der Waals surface area (Å²) in [5.41, 5.74) is 0. The van der Waals surface area contributed by atoms with Crippen LogP contribution in [0.3, 0.4) is 0 Å². The quantitative estimate of drug-likeness (QED) is 0.702. The standard InChI is InChI=1S/C14H22FNO/c1-3-10-16-11-4-5-12(2)17-14-8-6-13(15)7-9-14/h6-9,12,16H,3-5,10-11H2,1-2H3. The Morgan fingerprint density at radius 1 is 1.24 bits per heavy atom. The molecule has 0 spiro atoms. The summed E-state index contributed by atoms with van der Waals surface area (Å²) < 4.78 is 18.4. The lowest BCUT2D eigenvalue weighted by Gasteiger charge is -2.14. The summed E-state index contributed by atoms with van der Waals surface area (Å²) >= 11 is 0. The molecule has 1 aromatic rings. The second-order valence-corrected chi connectivity index (χ2v) is 4.27. The fourth-order valence-electron chi connectivity index (χ4n) is 1.62. The molecule has 3 heteroatoms. The number of ether oxygens (including phenoxy) is 1. The Kier molecular flexibility index (Phi) is 6.63. The maximum Gasteiger partial charge on any atom is 0.123 e. The van der Waals surface area contributed by atoms with Crippen LogP contribution >= 0.6 is 0 Å². The predicted octanol–water partition coefficient (Wildman–Crippen LogP) is 3.37. The summed E-state index contributed by atoms with van der Waals surface area (Å²) in [6.07, 6.45) is 3.45. The molecule has 17 heavy (non-hydrogen) atoms. The molecule has 1 aromatic carbocycles. The van der Waals surface area contributed by atoms with E-state index in [9.17, 15) is 4.39 Å². The zero-order valence-corrected chi connectivity index (χ0v) is 10.7. The van der Waals surface area contributed by atoms with Gasteiger partial charge in [-0.25, -0.2) is 4.39 Å². The van der Waals surface area contributed by atoms with E-state index in [1.54, 1.807) is 12.1 Å². The van der Waals surface area contributed by atoms with Crippen LogP contribution in [0, 0.1) is 5.82 Å². The molecule has 0 bridgehead atoms. The van der Waals surface area contributed by atoms with E-state index in [0.717, 1.165) is 31.7 Å². The first-order valence-corrected chi connectivity index (χ1v) is 6.35. The van der Waals surface area contributed by atoms with Crippen LogP contribution in [0.25, 0.3) is 0 Å². The van der Waals surface area contributed by atoms with Crippen LogP contribution in [0.2, 0.25) is 0 Å². The van der Waals surface area contributed by atoms with Crippen LogP contribution in [-0.4, -0.2) is 19.2 Å². The van der Waals surface area contributed by atoms with Crippen molar-refractivity contribution in [2.75, 3.05) is 13.1 Å². The Morgan fingerprint density at radius 3 is 2.59 bits per heavy atom. The van der Waals surface area contributed by atoms with Gasteiger partial charge >= 0.3 is 0 Å². The number of nitrogens with one attached hydrogen (secondary N) is 1. The summed E-state index contributed by atoms with van der Waals surface area (Å²) in [6.45, 7) is 6.31. The van der Waals surface area contributed by atoms with E-state index in [-0.39, 0.29) is 11.9 Å². The van der Waals surface area contributed by atoms with Crippen molar-refractivity contribution in [3.63, 3.8) is 0 Å². The zero-order chi connectivity index (χ0) is 12.5. The van der Waals surface area contributed by atoms with Gasteiger partial charge in [0.1, 0.15) is 11.6 Å². The van der Waals surface area contributed by atoms with E-state index in [2.05, 4.69) is 12.2 Å². The van der Waals surface area contributed by atoms with Crippen LogP contribution in [0.4, 0.5) is 4.39 Å². The van der Waals surface area contributed by atoms with E-state index in [1.807, 2.05) is 6.92 Å². The Balaban J connectivity index is 2.16. The van der Waals surface area contributed by atoms with E-state index in [4.69, 9.17) is 4.74 Å². The van der Waals surface area contributed by atoms with Crippen LogP contribution in [-0.2, 0) is 0 Å². The third-order valence-corrected chi connectivity index (χ3v) is 2.54. The minimum Gasteiger partial charge on any atom is -0.491 e. The first kappa shape index (κ1) is 14.0. The molecular weight excluding hydrogens is 217 g/mol. The monoisotopic (exact) mass is 239 g/mol. The van der Waals surface area contributed by atoms with E-state index in [1.165, 1.54) is 18.6 Å². The fourth-order valence-corrected chi connectivity index (χ4v) is 1.62. The summed E-state index contributed by atoms with van der Waals surface area (Å²) in [4.78, 5) is 0. The van der Waals surface area contributed by atoms with Crippen molar-refractivity contribution in [1.29, 1.82) is 0 Å². The SMILES string of the molecule is CCCNCCCC(C)Oc1ccc(F)cc1. The Labute approximate surface area is 103 Å². The molecule has 0 aliphatic rings. The maximum atomic E-state index is 12.7. The average Bonchev–Trinajstić information content (AvgIpc) is 2.32. The molecule has 0 fully saturated rings. The van der Waals surface area contributed by atoms with Gasteiger partial charge in [-0.05, 0) is 63.5 Å². The van der Waals surface area contributed by atoms with Crippen molar-refractivity contribution < 1.29 is 9.13 Å². The molecule has 0 aromatic heterocycles. The van der Waals surface area contributed by atoms with Gasteiger partial charge < -0.3 is 10.1 Å². The number of halogens is 1. The molecule has 0 saturated heterocycles. The Morgan fingerprint density at radius 2 is 1.94 bits per heavy atom. The number of hydrogen-bond acceptors (Lipinski definition) is 2. The van der Waals surface area contributed by atoms with Gasteiger partial charge in [-0.3, -0.25) is 0 Å². The van der Waals surface area contributed by atoms with Gasteiger partial charge in [0.05, 0.1) is 6.10 Å². The van der Waals surface area contributed by atoms with E-state index >= 15 is 0 Å². The lowest BCUT2D eigenvalue weighted by atomic mass is 10.2. The molecular formula is C14H22FNO. The lowest BCUT2D eigenvalue weighted by molar-refractivity contribution is 0.207. The lowest BCUT2D eigenvalue weighted by Crippen LogP contribution is -2.19. The third-order valence-electron chi connectivity index (χ3n) is 2.54.